The summed E-state index contributed by atoms with van der Waals surface area (Å²) < 4.78 is 44.8. The molecule has 3 atom stereocenters. The van der Waals surface area contributed by atoms with E-state index in [-0.39, 0.29) is 29.1 Å². The lowest BCUT2D eigenvalue weighted by atomic mass is 9.91. The smallest absolute Gasteiger partial charge is 0.165 e. The minimum atomic E-state index is -3.63. The van der Waals surface area contributed by atoms with Crippen molar-refractivity contribution in [3.63, 3.8) is 0 Å². The SMILES string of the molecule is COC1=CC=CC2C=C(c3ccc(F)c([C@]4(C)CS(=O)(=O)C(C)(C)C(N)=N4)c3)NC12. The number of nitrogens with zero attached hydrogens (tertiary/aromatic N) is 1. The van der Waals surface area contributed by atoms with Crippen molar-refractivity contribution in [2.24, 2.45) is 16.6 Å². The summed E-state index contributed by atoms with van der Waals surface area (Å²) in [5.74, 6) is 0.103. The third-order valence-corrected chi connectivity index (χ3v) is 8.99. The fraction of sp³-hybridized carbons (Fsp3) is 0.409. The highest BCUT2D eigenvalue weighted by atomic mass is 32.2. The molecule has 0 radical (unpaired) electrons. The van der Waals surface area contributed by atoms with Gasteiger partial charge in [0.05, 0.1) is 18.9 Å². The average molecular weight is 432 g/mol. The van der Waals surface area contributed by atoms with E-state index in [4.69, 9.17) is 10.5 Å². The van der Waals surface area contributed by atoms with Crippen LogP contribution in [0, 0.1) is 11.7 Å². The number of hydrogen-bond acceptors (Lipinski definition) is 6. The molecule has 2 heterocycles. The number of nitrogens with one attached hydrogen (secondary N) is 1. The molecular weight excluding hydrogens is 405 g/mol. The van der Waals surface area contributed by atoms with Crippen LogP contribution in [-0.4, -0.2) is 37.9 Å². The molecule has 6 nitrogen and oxygen atoms in total. The lowest BCUT2D eigenvalue weighted by Crippen LogP contribution is -2.55. The van der Waals surface area contributed by atoms with Crippen molar-refractivity contribution in [2.75, 3.05) is 12.9 Å². The molecule has 3 N–H and O–H groups in total. The van der Waals surface area contributed by atoms with E-state index in [9.17, 15) is 12.8 Å². The molecule has 0 bridgehead atoms. The number of nitrogens with two attached hydrogens (primary N) is 1. The van der Waals surface area contributed by atoms with Crippen LogP contribution in [0.15, 0.2) is 53.3 Å². The monoisotopic (exact) mass is 431 g/mol. The highest BCUT2D eigenvalue weighted by molar-refractivity contribution is 7.93. The number of hydrogen-bond donors (Lipinski definition) is 2. The van der Waals surface area contributed by atoms with Crippen molar-refractivity contribution in [2.45, 2.75) is 37.1 Å². The number of benzene rings is 1. The van der Waals surface area contributed by atoms with E-state index < -0.39 is 25.9 Å². The van der Waals surface area contributed by atoms with Gasteiger partial charge in [0.25, 0.3) is 0 Å². The second-order valence-electron chi connectivity index (χ2n) is 8.67. The Morgan fingerprint density at radius 1 is 1.30 bits per heavy atom. The molecule has 0 aromatic heterocycles. The van der Waals surface area contributed by atoms with Crippen LogP contribution in [0.25, 0.3) is 5.70 Å². The molecule has 0 fully saturated rings. The Hall–Kier alpha value is -2.61. The van der Waals surface area contributed by atoms with Gasteiger partial charge in [0, 0.05) is 17.2 Å². The van der Waals surface area contributed by atoms with Crippen LogP contribution < -0.4 is 11.1 Å². The molecule has 4 rings (SSSR count). The first-order chi connectivity index (χ1) is 14.0. The van der Waals surface area contributed by atoms with Crippen molar-refractivity contribution in [1.82, 2.24) is 5.32 Å². The largest absolute Gasteiger partial charge is 0.499 e. The van der Waals surface area contributed by atoms with Crippen LogP contribution in [-0.2, 0) is 20.1 Å². The van der Waals surface area contributed by atoms with E-state index in [2.05, 4.69) is 22.5 Å². The fourth-order valence-electron chi connectivity index (χ4n) is 4.17. The van der Waals surface area contributed by atoms with Gasteiger partial charge in [0.15, 0.2) is 9.84 Å². The van der Waals surface area contributed by atoms with Gasteiger partial charge in [-0.2, -0.15) is 0 Å². The Labute approximate surface area is 176 Å². The molecule has 30 heavy (non-hydrogen) atoms. The predicted octanol–water partition coefficient (Wildman–Crippen LogP) is 2.63. The summed E-state index contributed by atoms with van der Waals surface area (Å²) in [7, 11) is -2.00. The molecule has 2 aliphatic heterocycles. The molecule has 0 amide bonds. The van der Waals surface area contributed by atoms with E-state index in [1.165, 1.54) is 19.9 Å². The normalized spacial score (nSPS) is 31.2. The predicted molar refractivity (Wildman–Crippen MR) is 116 cm³/mol. The van der Waals surface area contributed by atoms with Crippen molar-refractivity contribution < 1.29 is 17.5 Å². The van der Waals surface area contributed by atoms with Gasteiger partial charge in [-0.3, -0.25) is 4.99 Å². The number of fused-ring (bicyclic) bond motifs is 1. The van der Waals surface area contributed by atoms with Gasteiger partial charge in [-0.05, 0) is 50.6 Å². The maximum absolute atomic E-state index is 14.9. The zero-order valence-corrected chi connectivity index (χ0v) is 18.3. The second kappa shape index (κ2) is 6.70. The molecular formula is C22H26FN3O3S. The van der Waals surface area contributed by atoms with Crippen LogP contribution in [0.3, 0.4) is 0 Å². The first-order valence-corrected chi connectivity index (χ1v) is 11.4. The highest BCUT2D eigenvalue weighted by Crippen LogP contribution is 2.39. The topological polar surface area (TPSA) is 93.8 Å². The summed E-state index contributed by atoms with van der Waals surface area (Å²) in [5, 5.41) is 3.43. The van der Waals surface area contributed by atoms with Gasteiger partial charge >= 0.3 is 0 Å². The van der Waals surface area contributed by atoms with Crippen LogP contribution in [0.2, 0.25) is 0 Å². The van der Waals surface area contributed by atoms with Gasteiger partial charge in [0.2, 0.25) is 0 Å². The number of aliphatic imine (C=N–C) groups is 1. The third-order valence-electron chi connectivity index (χ3n) is 6.28. The summed E-state index contributed by atoms with van der Waals surface area (Å²) in [5.41, 5.74) is 6.51. The molecule has 8 heteroatoms. The maximum atomic E-state index is 14.9. The molecule has 160 valence electrons. The standard InChI is InChI=1S/C22H26FN3O3S/c1-21(2)20(24)26-22(3,12-30(21,27)28)15-10-13(8-9-16(15)23)17-11-14-6-5-7-18(29-4)19(14)25-17/h5-11,14,19,25H,12H2,1-4H3,(H2,24,26)/t14?,19?,22-/m0/s1. The average Bonchev–Trinajstić information content (AvgIpc) is 3.10. The van der Waals surface area contributed by atoms with Crippen molar-refractivity contribution in [3.8, 4) is 0 Å². The molecule has 1 aromatic carbocycles. The third kappa shape index (κ3) is 3.05. The summed E-state index contributed by atoms with van der Waals surface area (Å²) >= 11 is 0. The molecule has 3 aliphatic rings. The molecule has 2 unspecified atom stereocenters. The molecule has 0 saturated carbocycles. The lowest BCUT2D eigenvalue weighted by Gasteiger charge is -2.38. The van der Waals surface area contributed by atoms with Crippen LogP contribution in [0.1, 0.15) is 31.9 Å². The number of halogens is 1. The first kappa shape index (κ1) is 20.7. The maximum Gasteiger partial charge on any atom is 0.165 e. The van der Waals surface area contributed by atoms with Gasteiger partial charge < -0.3 is 15.8 Å². The van der Waals surface area contributed by atoms with Crippen LogP contribution in [0.4, 0.5) is 4.39 Å². The number of amidine groups is 1. The number of rotatable bonds is 3. The summed E-state index contributed by atoms with van der Waals surface area (Å²) in [6.45, 7) is 4.66. The van der Waals surface area contributed by atoms with Crippen molar-refractivity contribution in [3.05, 3.63) is 65.2 Å². The summed E-state index contributed by atoms with van der Waals surface area (Å²) in [6.07, 6.45) is 7.99. The van der Waals surface area contributed by atoms with Crippen molar-refractivity contribution in [1.29, 1.82) is 0 Å². The zero-order chi connectivity index (χ0) is 21.9. The molecule has 1 aliphatic carbocycles. The lowest BCUT2D eigenvalue weighted by molar-refractivity contribution is 0.250. The number of ether oxygens (including phenoxy) is 1. The quantitative estimate of drug-likeness (QED) is 0.767. The van der Waals surface area contributed by atoms with E-state index >= 15 is 0 Å². The van der Waals surface area contributed by atoms with Crippen LogP contribution in [0.5, 0.6) is 0 Å². The summed E-state index contributed by atoms with van der Waals surface area (Å²) in [6, 6.07) is 4.66. The number of methoxy groups -OCH3 is 1. The van der Waals surface area contributed by atoms with Gasteiger partial charge in [-0.15, -0.1) is 0 Å². The Morgan fingerprint density at radius 2 is 2.03 bits per heavy atom. The van der Waals surface area contributed by atoms with Crippen molar-refractivity contribution >= 4 is 21.4 Å². The molecule has 0 spiro atoms. The molecule has 1 aromatic rings. The minimum Gasteiger partial charge on any atom is -0.499 e. The Bertz CT molecular complexity index is 1130. The minimum absolute atomic E-state index is 0.00899. The Morgan fingerprint density at radius 3 is 2.70 bits per heavy atom. The van der Waals surface area contributed by atoms with Gasteiger partial charge in [-0.1, -0.05) is 18.2 Å². The second-order valence-corrected chi connectivity index (χ2v) is 11.2. The van der Waals surface area contributed by atoms with E-state index in [0.29, 0.717) is 0 Å². The molecule has 0 saturated heterocycles. The Kier molecular flexibility index (Phi) is 4.61. The van der Waals surface area contributed by atoms with Gasteiger partial charge in [-0.25, -0.2) is 12.8 Å². The van der Waals surface area contributed by atoms with E-state index in [0.717, 1.165) is 17.0 Å². The number of sulfone groups is 1. The Balaban J connectivity index is 1.75. The number of allylic oxidation sites excluding steroid dienone is 2. The van der Waals surface area contributed by atoms with E-state index in [1.54, 1.807) is 26.2 Å². The summed E-state index contributed by atoms with van der Waals surface area (Å²) in [4.78, 5) is 4.45. The van der Waals surface area contributed by atoms with Gasteiger partial charge in [0.1, 0.15) is 27.7 Å². The fourth-order valence-corrected chi connectivity index (χ4v) is 5.86. The zero-order valence-electron chi connectivity index (χ0n) is 17.4. The highest BCUT2D eigenvalue weighted by Gasteiger charge is 2.49. The van der Waals surface area contributed by atoms with E-state index in [1.807, 2.05) is 12.2 Å². The van der Waals surface area contributed by atoms with Crippen LogP contribution >= 0.6 is 0 Å². The first-order valence-electron chi connectivity index (χ1n) is 9.78.